The van der Waals surface area contributed by atoms with Crippen molar-refractivity contribution in [2.24, 2.45) is 5.92 Å². The minimum absolute atomic E-state index is 0.685. The molecule has 0 amide bonds. The zero-order valence-corrected chi connectivity index (χ0v) is 19.0. The Morgan fingerprint density at radius 3 is 2.93 bits per heavy atom. The Morgan fingerprint density at radius 2 is 2.07 bits per heavy atom. The average Bonchev–Trinajstić information content (AvgIpc) is 3.44. The fourth-order valence-electron chi connectivity index (χ4n) is 4.13. The molecule has 0 bridgehead atoms. The van der Waals surface area contributed by atoms with E-state index in [0.29, 0.717) is 12.5 Å². The molecule has 30 heavy (non-hydrogen) atoms. The first-order chi connectivity index (χ1) is 14.6. The number of anilines is 1. The highest BCUT2D eigenvalue weighted by molar-refractivity contribution is 7.19. The molecule has 0 radical (unpaired) electrons. The summed E-state index contributed by atoms with van der Waals surface area (Å²) in [7, 11) is 2.21. The van der Waals surface area contributed by atoms with Gasteiger partial charge in [-0.2, -0.15) is 5.10 Å². The number of fused-ring (bicyclic) bond motifs is 1. The van der Waals surface area contributed by atoms with Gasteiger partial charge < -0.3 is 10.2 Å². The van der Waals surface area contributed by atoms with Gasteiger partial charge in [-0.05, 0) is 57.5 Å². The van der Waals surface area contributed by atoms with E-state index in [9.17, 15) is 0 Å². The molecule has 8 heteroatoms. The third kappa shape index (κ3) is 4.26. The average molecular weight is 439 g/mol. The molecule has 0 aliphatic carbocycles. The van der Waals surface area contributed by atoms with E-state index in [0.717, 1.165) is 45.0 Å². The Kier molecular flexibility index (Phi) is 5.54. The largest absolute Gasteiger partial charge is 0.355 e. The molecule has 1 unspecified atom stereocenters. The molecule has 4 heterocycles. The fourth-order valence-corrected chi connectivity index (χ4v) is 5.96. The first kappa shape index (κ1) is 19.7. The number of thiazole rings is 2. The summed E-state index contributed by atoms with van der Waals surface area (Å²) < 4.78 is 3.33. The number of hydrogen-bond donors (Lipinski definition) is 1. The van der Waals surface area contributed by atoms with Crippen LogP contribution in [0.2, 0.25) is 0 Å². The Bertz CT molecular complexity index is 1110. The van der Waals surface area contributed by atoms with Crippen molar-refractivity contribution in [2.45, 2.75) is 32.9 Å². The van der Waals surface area contributed by atoms with Crippen LogP contribution >= 0.6 is 22.7 Å². The minimum atomic E-state index is 0.685. The molecule has 1 aromatic carbocycles. The predicted molar refractivity (Wildman–Crippen MR) is 125 cm³/mol. The van der Waals surface area contributed by atoms with Crippen LogP contribution < -0.4 is 5.32 Å². The SMILES string of the molecule is Cc1nc(NCc2nc3ccccc3s2)sc1-c1ccn(CC2CCCN(C)C2)n1. The van der Waals surface area contributed by atoms with E-state index in [1.807, 2.05) is 6.07 Å². The second-order valence-electron chi connectivity index (χ2n) is 8.06. The molecule has 6 nitrogen and oxygen atoms in total. The van der Waals surface area contributed by atoms with Gasteiger partial charge in [0.15, 0.2) is 5.13 Å². The molecule has 0 saturated carbocycles. The van der Waals surface area contributed by atoms with E-state index in [2.05, 4.69) is 59.3 Å². The summed E-state index contributed by atoms with van der Waals surface area (Å²) in [5, 5.41) is 10.3. The zero-order chi connectivity index (χ0) is 20.5. The fraction of sp³-hybridized carbons (Fsp3) is 0.409. The van der Waals surface area contributed by atoms with Crippen LogP contribution in [0, 0.1) is 12.8 Å². The molecule has 156 valence electrons. The lowest BCUT2D eigenvalue weighted by molar-refractivity contribution is 0.191. The molecule has 4 aromatic rings. The van der Waals surface area contributed by atoms with Crippen LogP contribution in [0.3, 0.4) is 0 Å². The molecule has 1 saturated heterocycles. The molecule has 1 N–H and O–H groups in total. The van der Waals surface area contributed by atoms with Gasteiger partial charge in [-0.1, -0.05) is 23.5 Å². The lowest BCUT2D eigenvalue weighted by atomic mass is 9.99. The third-order valence-corrected chi connectivity index (χ3v) is 7.74. The van der Waals surface area contributed by atoms with Crippen LogP contribution in [-0.4, -0.2) is 44.8 Å². The normalized spacial score (nSPS) is 17.6. The maximum Gasteiger partial charge on any atom is 0.183 e. The van der Waals surface area contributed by atoms with Gasteiger partial charge in [-0.25, -0.2) is 9.97 Å². The van der Waals surface area contributed by atoms with Crippen LogP contribution in [-0.2, 0) is 13.1 Å². The molecule has 1 aliphatic heterocycles. The van der Waals surface area contributed by atoms with E-state index in [1.165, 1.54) is 24.1 Å². The molecule has 3 aromatic heterocycles. The summed E-state index contributed by atoms with van der Waals surface area (Å²) in [6.45, 7) is 6.12. The van der Waals surface area contributed by atoms with Crippen molar-refractivity contribution >= 4 is 38.0 Å². The number of rotatable bonds is 6. The Balaban J connectivity index is 1.25. The molecular formula is C22H26N6S2. The van der Waals surface area contributed by atoms with E-state index in [1.54, 1.807) is 22.7 Å². The van der Waals surface area contributed by atoms with Gasteiger partial charge in [-0.15, -0.1) is 11.3 Å². The van der Waals surface area contributed by atoms with Crippen molar-refractivity contribution in [3.63, 3.8) is 0 Å². The van der Waals surface area contributed by atoms with Crippen LogP contribution in [0.25, 0.3) is 20.8 Å². The lowest BCUT2D eigenvalue weighted by Gasteiger charge is -2.29. The smallest absolute Gasteiger partial charge is 0.183 e. The van der Waals surface area contributed by atoms with E-state index in [-0.39, 0.29) is 0 Å². The van der Waals surface area contributed by atoms with Gasteiger partial charge in [0.1, 0.15) is 10.7 Å². The van der Waals surface area contributed by atoms with Gasteiger partial charge in [0.05, 0.1) is 27.3 Å². The van der Waals surface area contributed by atoms with Crippen molar-refractivity contribution < 1.29 is 0 Å². The first-order valence-corrected chi connectivity index (χ1v) is 12.1. The van der Waals surface area contributed by atoms with E-state index >= 15 is 0 Å². The number of aromatic nitrogens is 4. The van der Waals surface area contributed by atoms with Crippen LogP contribution in [0.15, 0.2) is 36.5 Å². The molecule has 1 atom stereocenters. The molecular weight excluding hydrogens is 412 g/mol. The molecule has 1 fully saturated rings. The van der Waals surface area contributed by atoms with Gasteiger partial charge >= 0.3 is 0 Å². The monoisotopic (exact) mass is 438 g/mol. The van der Waals surface area contributed by atoms with Crippen molar-refractivity contribution in [1.82, 2.24) is 24.6 Å². The maximum absolute atomic E-state index is 4.85. The van der Waals surface area contributed by atoms with Gasteiger partial charge in [0.2, 0.25) is 0 Å². The van der Waals surface area contributed by atoms with E-state index in [4.69, 9.17) is 15.1 Å². The first-order valence-electron chi connectivity index (χ1n) is 10.4. The van der Waals surface area contributed by atoms with Crippen LogP contribution in [0.1, 0.15) is 23.5 Å². The summed E-state index contributed by atoms with van der Waals surface area (Å²) in [6.07, 6.45) is 4.68. The standard InChI is InChI=1S/C22H26N6S2/c1-15-21(18-9-11-28(26-18)14-16-6-5-10-27(2)13-16)30-22(24-15)23-12-20-25-17-7-3-4-8-19(17)29-20/h3-4,7-9,11,16H,5-6,10,12-14H2,1-2H3,(H,23,24). The highest BCUT2D eigenvalue weighted by Crippen LogP contribution is 2.32. The van der Waals surface area contributed by atoms with Crippen LogP contribution in [0.5, 0.6) is 0 Å². The number of aryl methyl sites for hydroxylation is 1. The molecule has 5 rings (SSSR count). The highest BCUT2D eigenvalue weighted by atomic mass is 32.1. The summed E-state index contributed by atoms with van der Waals surface area (Å²) in [5.74, 6) is 0.685. The van der Waals surface area contributed by atoms with Crippen molar-refractivity contribution in [3.8, 4) is 10.6 Å². The second kappa shape index (κ2) is 8.45. The summed E-state index contributed by atoms with van der Waals surface area (Å²) in [4.78, 5) is 13.0. The van der Waals surface area contributed by atoms with Crippen molar-refractivity contribution in [2.75, 3.05) is 25.5 Å². The van der Waals surface area contributed by atoms with Crippen molar-refractivity contribution in [1.29, 1.82) is 0 Å². The Labute approximate surface area is 184 Å². The van der Waals surface area contributed by atoms with Crippen molar-refractivity contribution in [3.05, 3.63) is 47.2 Å². The second-order valence-corrected chi connectivity index (χ2v) is 10.2. The number of nitrogens with one attached hydrogen (secondary N) is 1. The summed E-state index contributed by atoms with van der Waals surface area (Å²) in [5.41, 5.74) is 3.10. The predicted octanol–water partition coefficient (Wildman–Crippen LogP) is 4.88. The third-order valence-electron chi connectivity index (χ3n) is 5.57. The lowest BCUT2D eigenvalue weighted by Crippen LogP contribution is -2.34. The molecule has 1 aliphatic rings. The summed E-state index contributed by atoms with van der Waals surface area (Å²) in [6, 6.07) is 10.4. The topological polar surface area (TPSA) is 58.9 Å². The maximum atomic E-state index is 4.85. The van der Waals surface area contributed by atoms with Gasteiger partial charge in [0.25, 0.3) is 0 Å². The number of nitrogens with zero attached hydrogens (tertiary/aromatic N) is 5. The van der Waals surface area contributed by atoms with Gasteiger partial charge in [0, 0.05) is 19.3 Å². The Morgan fingerprint density at radius 1 is 1.17 bits per heavy atom. The minimum Gasteiger partial charge on any atom is -0.355 e. The quantitative estimate of drug-likeness (QED) is 0.465. The number of piperidine rings is 1. The number of hydrogen-bond acceptors (Lipinski definition) is 7. The molecule has 0 spiro atoms. The number of para-hydroxylation sites is 1. The van der Waals surface area contributed by atoms with Crippen LogP contribution in [0.4, 0.5) is 5.13 Å². The number of likely N-dealkylation sites (tertiary alicyclic amines) is 1. The highest BCUT2D eigenvalue weighted by Gasteiger charge is 2.19. The van der Waals surface area contributed by atoms with E-state index < -0.39 is 0 Å². The van der Waals surface area contributed by atoms with Gasteiger partial charge in [-0.3, -0.25) is 4.68 Å². The number of benzene rings is 1. The summed E-state index contributed by atoms with van der Waals surface area (Å²) >= 11 is 3.40. The Hall–Kier alpha value is -2.29. The zero-order valence-electron chi connectivity index (χ0n) is 17.3.